The number of aryl methyl sites for hydroxylation is 1. The van der Waals surface area contributed by atoms with E-state index in [1.54, 1.807) is 0 Å². The van der Waals surface area contributed by atoms with Crippen molar-refractivity contribution in [2.75, 3.05) is 13.1 Å². The molecule has 4 rings (SSSR count). The van der Waals surface area contributed by atoms with Crippen molar-refractivity contribution in [3.05, 3.63) is 41.7 Å². The molecular formula is C17H23N5. The Kier molecular flexibility index (Phi) is 3.66. The summed E-state index contributed by atoms with van der Waals surface area (Å²) in [6.07, 6.45) is 13.1. The van der Waals surface area contributed by atoms with E-state index in [1.807, 2.05) is 18.6 Å². The number of rotatable bonds is 4. The standard InChI is InChI=1S/C17H23N5/c1-13-7-20-22(10-13)16-5-6-21(12-16)11-14-8-18-17(19-9-14)15-3-2-4-15/h7-10,15-16H,2-6,11-12H2,1H3. The van der Waals surface area contributed by atoms with E-state index in [9.17, 15) is 0 Å². The third-order valence-corrected chi connectivity index (χ3v) is 4.95. The van der Waals surface area contributed by atoms with Crippen LogP contribution >= 0.6 is 0 Å². The first-order valence-electron chi connectivity index (χ1n) is 8.32. The number of hydrogen-bond donors (Lipinski definition) is 0. The van der Waals surface area contributed by atoms with Crippen molar-refractivity contribution in [1.82, 2.24) is 24.6 Å². The molecule has 2 aromatic heterocycles. The highest BCUT2D eigenvalue weighted by Crippen LogP contribution is 2.34. The van der Waals surface area contributed by atoms with Crippen molar-refractivity contribution in [3.63, 3.8) is 0 Å². The average molecular weight is 297 g/mol. The molecule has 0 spiro atoms. The van der Waals surface area contributed by atoms with Gasteiger partial charge in [-0.05, 0) is 31.7 Å². The summed E-state index contributed by atoms with van der Waals surface area (Å²) in [4.78, 5) is 11.6. The fraction of sp³-hybridized carbons (Fsp3) is 0.588. The molecule has 116 valence electrons. The highest BCUT2D eigenvalue weighted by molar-refractivity contribution is 5.09. The van der Waals surface area contributed by atoms with Crippen molar-refractivity contribution in [2.45, 2.75) is 51.1 Å². The molecule has 2 aromatic rings. The van der Waals surface area contributed by atoms with E-state index in [2.05, 4.69) is 37.8 Å². The molecule has 1 atom stereocenters. The molecule has 0 bridgehead atoms. The smallest absolute Gasteiger partial charge is 0.131 e. The predicted molar refractivity (Wildman–Crippen MR) is 84.5 cm³/mol. The van der Waals surface area contributed by atoms with Crippen LogP contribution in [0.5, 0.6) is 0 Å². The summed E-state index contributed by atoms with van der Waals surface area (Å²) >= 11 is 0. The number of nitrogens with zero attached hydrogens (tertiary/aromatic N) is 5. The van der Waals surface area contributed by atoms with E-state index in [4.69, 9.17) is 0 Å². The summed E-state index contributed by atoms with van der Waals surface area (Å²) in [6, 6.07) is 0.504. The fourth-order valence-electron chi connectivity index (χ4n) is 3.39. The normalized spacial score (nSPS) is 22.9. The molecule has 1 unspecified atom stereocenters. The summed E-state index contributed by atoms with van der Waals surface area (Å²) in [5.74, 6) is 1.66. The molecule has 22 heavy (non-hydrogen) atoms. The van der Waals surface area contributed by atoms with E-state index in [0.717, 1.165) is 25.5 Å². The van der Waals surface area contributed by atoms with Gasteiger partial charge in [0.2, 0.25) is 0 Å². The van der Waals surface area contributed by atoms with Gasteiger partial charge in [0.05, 0.1) is 12.2 Å². The Morgan fingerprint density at radius 2 is 1.95 bits per heavy atom. The lowest BCUT2D eigenvalue weighted by Crippen LogP contribution is -2.22. The second-order valence-corrected chi connectivity index (χ2v) is 6.75. The Bertz CT molecular complexity index is 629. The van der Waals surface area contributed by atoms with Crippen LogP contribution in [0.25, 0.3) is 0 Å². The summed E-state index contributed by atoms with van der Waals surface area (Å²) < 4.78 is 2.12. The molecule has 0 radical (unpaired) electrons. The first-order chi connectivity index (χ1) is 10.8. The minimum Gasteiger partial charge on any atom is -0.297 e. The maximum Gasteiger partial charge on any atom is 0.131 e. The lowest BCUT2D eigenvalue weighted by molar-refractivity contribution is 0.310. The first-order valence-corrected chi connectivity index (χ1v) is 8.32. The van der Waals surface area contributed by atoms with Crippen LogP contribution in [-0.2, 0) is 6.54 Å². The van der Waals surface area contributed by atoms with Crippen molar-refractivity contribution >= 4 is 0 Å². The summed E-state index contributed by atoms with van der Waals surface area (Å²) in [6.45, 7) is 5.22. The second kappa shape index (κ2) is 5.80. The van der Waals surface area contributed by atoms with Gasteiger partial charge in [-0.3, -0.25) is 9.58 Å². The molecule has 1 saturated heterocycles. The van der Waals surface area contributed by atoms with Crippen molar-refractivity contribution < 1.29 is 0 Å². The zero-order valence-electron chi connectivity index (χ0n) is 13.1. The Balaban J connectivity index is 1.35. The summed E-state index contributed by atoms with van der Waals surface area (Å²) in [5, 5.41) is 4.45. The zero-order chi connectivity index (χ0) is 14.9. The van der Waals surface area contributed by atoms with Crippen molar-refractivity contribution in [3.8, 4) is 0 Å². The number of aromatic nitrogens is 4. The van der Waals surface area contributed by atoms with E-state index in [-0.39, 0.29) is 0 Å². The van der Waals surface area contributed by atoms with Gasteiger partial charge in [0.1, 0.15) is 5.82 Å². The van der Waals surface area contributed by atoms with Crippen LogP contribution in [0.4, 0.5) is 0 Å². The molecule has 2 aliphatic rings. The highest BCUT2D eigenvalue weighted by atomic mass is 15.3. The average Bonchev–Trinajstić information content (AvgIpc) is 3.08. The van der Waals surface area contributed by atoms with Gasteiger partial charge >= 0.3 is 0 Å². The van der Waals surface area contributed by atoms with Crippen LogP contribution < -0.4 is 0 Å². The van der Waals surface area contributed by atoms with Crippen LogP contribution in [0.15, 0.2) is 24.8 Å². The first kappa shape index (κ1) is 13.9. The van der Waals surface area contributed by atoms with Gasteiger partial charge in [-0.25, -0.2) is 9.97 Å². The van der Waals surface area contributed by atoms with Crippen LogP contribution in [0.1, 0.15) is 54.6 Å². The van der Waals surface area contributed by atoms with Crippen LogP contribution in [0.2, 0.25) is 0 Å². The maximum absolute atomic E-state index is 4.57. The SMILES string of the molecule is Cc1cnn(C2CCN(Cc3cnc(C4CCC4)nc3)C2)c1. The van der Waals surface area contributed by atoms with Gasteiger partial charge in [0, 0.05) is 49.7 Å². The minimum absolute atomic E-state index is 0.504. The predicted octanol–water partition coefficient (Wildman–Crippen LogP) is 2.70. The van der Waals surface area contributed by atoms with Crippen LogP contribution in [-0.4, -0.2) is 37.7 Å². The minimum atomic E-state index is 0.504. The molecule has 0 aromatic carbocycles. The lowest BCUT2D eigenvalue weighted by atomic mass is 9.85. The molecule has 1 saturated carbocycles. The zero-order valence-corrected chi connectivity index (χ0v) is 13.1. The highest BCUT2D eigenvalue weighted by Gasteiger charge is 2.25. The number of likely N-dealkylation sites (tertiary alicyclic amines) is 1. The molecular weight excluding hydrogens is 274 g/mol. The largest absolute Gasteiger partial charge is 0.297 e. The van der Waals surface area contributed by atoms with Gasteiger partial charge < -0.3 is 0 Å². The molecule has 1 aliphatic heterocycles. The Hall–Kier alpha value is -1.75. The monoisotopic (exact) mass is 297 g/mol. The van der Waals surface area contributed by atoms with Gasteiger partial charge in [0.25, 0.3) is 0 Å². The molecule has 5 heteroatoms. The van der Waals surface area contributed by atoms with Gasteiger partial charge in [-0.15, -0.1) is 0 Å². The Morgan fingerprint density at radius 1 is 1.14 bits per heavy atom. The second-order valence-electron chi connectivity index (χ2n) is 6.75. The quantitative estimate of drug-likeness (QED) is 0.870. The van der Waals surface area contributed by atoms with Gasteiger partial charge in [-0.2, -0.15) is 5.10 Å². The molecule has 2 fully saturated rings. The summed E-state index contributed by atoms with van der Waals surface area (Å²) in [7, 11) is 0. The third-order valence-electron chi connectivity index (χ3n) is 4.95. The van der Waals surface area contributed by atoms with E-state index >= 15 is 0 Å². The van der Waals surface area contributed by atoms with Gasteiger partial charge in [0.15, 0.2) is 0 Å². The lowest BCUT2D eigenvalue weighted by Gasteiger charge is -2.23. The van der Waals surface area contributed by atoms with Gasteiger partial charge in [-0.1, -0.05) is 6.42 Å². The van der Waals surface area contributed by atoms with Crippen LogP contribution in [0, 0.1) is 6.92 Å². The van der Waals surface area contributed by atoms with E-state index in [0.29, 0.717) is 12.0 Å². The maximum atomic E-state index is 4.57. The third kappa shape index (κ3) is 2.77. The van der Waals surface area contributed by atoms with Crippen molar-refractivity contribution in [2.24, 2.45) is 0 Å². The van der Waals surface area contributed by atoms with Crippen molar-refractivity contribution in [1.29, 1.82) is 0 Å². The molecule has 3 heterocycles. The topological polar surface area (TPSA) is 46.8 Å². The van der Waals surface area contributed by atoms with E-state index < -0.39 is 0 Å². The molecule has 0 amide bonds. The number of hydrogen-bond acceptors (Lipinski definition) is 4. The van der Waals surface area contributed by atoms with E-state index in [1.165, 1.54) is 36.8 Å². The molecule has 5 nitrogen and oxygen atoms in total. The molecule has 0 N–H and O–H groups in total. The molecule has 1 aliphatic carbocycles. The Morgan fingerprint density at radius 3 is 2.59 bits per heavy atom. The van der Waals surface area contributed by atoms with Crippen LogP contribution in [0.3, 0.4) is 0 Å². The fourth-order valence-corrected chi connectivity index (χ4v) is 3.39. The Labute approximate surface area is 131 Å². The summed E-state index contributed by atoms with van der Waals surface area (Å²) in [5.41, 5.74) is 2.46.